The van der Waals surface area contributed by atoms with Gasteiger partial charge in [-0.2, -0.15) is 4.98 Å². The second kappa shape index (κ2) is 8.10. The number of nitrogen functional groups attached to an aromatic ring is 1. The fourth-order valence-corrected chi connectivity index (χ4v) is 2.35. The van der Waals surface area contributed by atoms with Gasteiger partial charge in [-0.15, -0.1) is 0 Å². The first-order valence-electron chi connectivity index (χ1n) is 8.30. The maximum Gasteiger partial charge on any atom is 0.248 e. The Kier molecular flexibility index (Phi) is 5.41. The molecule has 3 rings (SSSR count). The van der Waals surface area contributed by atoms with Crippen molar-refractivity contribution in [2.45, 2.75) is 26.2 Å². The molecule has 0 amide bonds. The highest BCUT2D eigenvalue weighted by Crippen LogP contribution is 2.30. The highest BCUT2D eigenvalue weighted by molar-refractivity contribution is 5.72. The van der Waals surface area contributed by atoms with Gasteiger partial charge in [-0.1, -0.05) is 25.5 Å². The monoisotopic (exact) mass is 335 g/mol. The van der Waals surface area contributed by atoms with Gasteiger partial charge in [0, 0.05) is 11.9 Å². The summed E-state index contributed by atoms with van der Waals surface area (Å²) >= 11 is 0. The number of nitrogens with zero attached hydrogens (tertiary/aromatic N) is 3. The van der Waals surface area contributed by atoms with Gasteiger partial charge in [-0.3, -0.25) is 4.98 Å². The highest BCUT2D eigenvalue weighted by atomic mass is 16.5. The Balaban J connectivity index is 1.73. The Morgan fingerprint density at radius 3 is 2.68 bits per heavy atom. The molecule has 0 saturated heterocycles. The van der Waals surface area contributed by atoms with Crippen molar-refractivity contribution in [3.63, 3.8) is 0 Å². The summed E-state index contributed by atoms with van der Waals surface area (Å²) in [5.74, 6) is 1.37. The van der Waals surface area contributed by atoms with Crippen molar-refractivity contribution in [2.75, 3.05) is 11.1 Å². The van der Waals surface area contributed by atoms with Crippen molar-refractivity contribution in [1.29, 1.82) is 0 Å². The second-order valence-corrected chi connectivity index (χ2v) is 5.66. The molecule has 0 aliphatic heterocycles. The van der Waals surface area contributed by atoms with Crippen LogP contribution in [0.4, 0.5) is 17.2 Å². The van der Waals surface area contributed by atoms with Gasteiger partial charge < -0.3 is 15.8 Å². The third-order valence-electron chi connectivity index (χ3n) is 3.73. The van der Waals surface area contributed by atoms with E-state index in [1.807, 2.05) is 12.1 Å². The molecular formula is C19H21N5O. The molecule has 128 valence electrons. The Morgan fingerprint density at radius 1 is 1.12 bits per heavy atom. The number of unbranched alkanes of at least 4 members (excludes halogenated alkanes) is 1. The number of benzene rings is 1. The molecule has 0 aliphatic carbocycles. The van der Waals surface area contributed by atoms with Crippen molar-refractivity contribution in [1.82, 2.24) is 15.0 Å². The van der Waals surface area contributed by atoms with Crippen LogP contribution >= 0.6 is 0 Å². The fourth-order valence-electron chi connectivity index (χ4n) is 2.35. The van der Waals surface area contributed by atoms with Crippen LogP contribution in [0, 0.1) is 0 Å². The van der Waals surface area contributed by atoms with E-state index in [2.05, 4.69) is 39.3 Å². The topological polar surface area (TPSA) is 86.0 Å². The maximum atomic E-state index is 6.14. The summed E-state index contributed by atoms with van der Waals surface area (Å²) in [7, 11) is 0. The molecule has 0 fully saturated rings. The van der Waals surface area contributed by atoms with E-state index < -0.39 is 0 Å². The zero-order valence-corrected chi connectivity index (χ0v) is 14.1. The van der Waals surface area contributed by atoms with Crippen molar-refractivity contribution < 1.29 is 4.74 Å². The minimum atomic E-state index is 0.296. The van der Waals surface area contributed by atoms with Crippen LogP contribution in [0.1, 0.15) is 25.3 Å². The van der Waals surface area contributed by atoms with Crippen molar-refractivity contribution in [3.8, 4) is 11.6 Å². The van der Waals surface area contributed by atoms with Crippen LogP contribution in [-0.2, 0) is 6.42 Å². The molecule has 3 N–H and O–H groups in total. The van der Waals surface area contributed by atoms with Crippen molar-refractivity contribution in [2.24, 2.45) is 0 Å². The van der Waals surface area contributed by atoms with Gasteiger partial charge in [0.2, 0.25) is 5.88 Å². The van der Waals surface area contributed by atoms with Crippen LogP contribution in [0.5, 0.6) is 11.6 Å². The van der Waals surface area contributed by atoms with Crippen LogP contribution in [-0.4, -0.2) is 15.0 Å². The Labute approximate surface area is 147 Å². The third-order valence-corrected chi connectivity index (χ3v) is 3.73. The molecule has 6 nitrogen and oxygen atoms in total. The molecule has 3 aromatic rings. The Hall–Kier alpha value is -3.15. The number of anilines is 3. The Morgan fingerprint density at radius 2 is 1.96 bits per heavy atom. The third kappa shape index (κ3) is 4.44. The van der Waals surface area contributed by atoms with Crippen LogP contribution < -0.4 is 15.8 Å². The fraction of sp³-hybridized carbons (Fsp3) is 0.211. The number of rotatable bonds is 7. The smallest absolute Gasteiger partial charge is 0.248 e. The number of nitrogens with one attached hydrogen (secondary N) is 1. The van der Waals surface area contributed by atoms with E-state index in [-0.39, 0.29) is 0 Å². The number of hydrogen-bond acceptors (Lipinski definition) is 6. The van der Waals surface area contributed by atoms with E-state index in [1.165, 1.54) is 24.7 Å². The number of ether oxygens (including phenoxy) is 1. The number of nitrogens with two attached hydrogens (primary N) is 1. The lowest BCUT2D eigenvalue weighted by atomic mass is 10.1. The molecule has 0 atom stereocenters. The van der Waals surface area contributed by atoms with E-state index in [4.69, 9.17) is 10.5 Å². The number of aromatic nitrogens is 3. The zero-order chi connectivity index (χ0) is 17.5. The molecule has 0 spiro atoms. The predicted molar refractivity (Wildman–Crippen MR) is 99.1 cm³/mol. The summed E-state index contributed by atoms with van der Waals surface area (Å²) in [6.45, 7) is 2.19. The van der Waals surface area contributed by atoms with Crippen LogP contribution in [0.2, 0.25) is 0 Å². The second-order valence-electron chi connectivity index (χ2n) is 5.66. The Bertz CT molecular complexity index is 806. The van der Waals surface area contributed by atoms with Crippen molar-refractivity contribution in [3.05, 3.63) is 60.7 Å². The summed E-state index contributed by atoms with van der Waals surface area (Å²) in [5, 5.41) is 3.21. The van der Waals surface area contributed by atoms with Crippen LogP contribution in [0.25, 0.3) is 0 Å². The number of pyridine rings is 1. The quantitative estimate of drug-likeness (QED) is 0.668. The summed E-state index contributed by atoms with van der Waals surface area (Å²) < 4.78 is 5.67. The van der Waals surface area contributed by atoms with Gasteiger partial charge in [0.05, 0.1) is 6.20 Å². The first kappa shape index (κ1) is 16.7. The van der Waals surface area contributed by atoms with Gasteiger partial charge >= 0.3 is 0 Å². The first-order chi connectivity index (χ1) is 12.3. The minimum Gasteiger partial charge on any atom is -0.435 e. The van der Waals surface area contributed by atoms with Crippen molar-refractivity contribution >= 4 is 17.2 Å². The molecule has 0 saturated carbocycles. The molecule has 0 radical (unpaired) electrons. The first-order valence-corrected chi connectivity index (χ1v) is 8.30. The molecule has 1 aromatic carbocycles. The average Bonchev–Trinajstić information content (AvgIpc) is 2.65. The van der Waals surface area contributed by atoms with Gasteiger partial charge in [-0.25, -0.2) is 4.98 Å². The summed E-state index contributed by atoms with van der Waals surface area (Å²) in [6.07, 6.45) is 8.17. The predicted octanol–water partition coefficient (Wildman–Crippen LogP) is 4.33. The standard InChI is InChI=1S/C19H21N5O/c1-2-3-5-14-7-9-15(10-8-14)24-18-17(20)19(23-13-22-18)25-16-6-4-11-21-12-16/h4,6-13H,2-3,5,20H2,1H3,(H,22,23,24). The van der Waals surface area contributed by atoms with Gasteiger partial charge in [-0.05, 0) is 42.7 Å². The zero-order valence-electron chi connectivity index (χ0n) is 14.1. The van der Waals surface area contributed by atoms with Crippen LogP contribution in [0.3, 0.4) is 0 Å². The van der Waals surface area contributed by atoms with E-state index in [0.717, 1.165) is 12.1 Å². The van der Waals surface area contributed by atoms with E-state index in [0.29, 0.717) is 23.1 Å². The average molecular weight is 335 g/mol. The lowest BCUT2D eigenvalue weighted by molar-refractivity contribution is 0.462. The van der Waals surface area contributed by atoms with Gasteiger partial charge in [0.1, 0.15) is 17.8 Å². The van der Waals surface area contributed by atoms with E-state index in [1.54, 1.807) is 24.5 Å². The maximum absolute atomic E-state index is 6.14. The largest absolute Gasteiger partial charge is 0.435 e. The van der Waals surface area contributed by atoms with E-state index >= 15 is 0 Å². The van der Waals surface area contributed by atoms with Gasteiger partial charge in [0.25, 0.3) is 0 Å². The molecule has 0 aliphatic rings. The van der Waals surface area contributed by atoms with E-state index in [9.17, 15) is 0 Å². The highest BCUT2D eigenvalue weighted by Gasteiger charge is 2.10. The lowest BCUT2D eigenvalue weighted by Crippen LogP contribution is -2.03. The molecule has 6 heteroatoms. The summed E-state index contributed by atoms with van der Waals surface area (Å²) in [5.41, 5.74) is 8.73. The number of hydrogen-bond donors (Lipinski definition) is 2. The minimum absolute atomic E-state index is 0.296. The molecule has 2 aromatic heterocycles. The molecular weight excluding hydrogens is 314 g/mol. The summed E-state index contributed by atoms with van der Waals surface area (Å²) in [6, 6.07) is 11.8. The molecule has 0 unspecified atom stereocenters. The molecule has 25 heavy (non-hydrogen) atoms. The van der Waals surface area contributed by atoms with Gasteiger partial charge in [0.15, 0.2) is 5.82 Å². The van der Waals surface area contributed by atoms with Crippen LogP contribution in [0.15, 0.2) is 55.1 Å². The summed E-state index contributed by atoms with van der Waals surface area (Å²) in [4.78, 5) is 12.3. The lowest BCUT2D eigenvalue weighted by Gasteiger charge is -2.12. The molecule has 2 heterocycles. The molecule has 0 bridgehead atoms. The normalized spacial score (nSPS) is 10.4. The SMILES string of the molecule is CCCCc1ccc(Nc2ncnc(Oc3cccnc3)c2N)cc1. The number of aryl methyl sites for hydroxylation is 1.